The highest BCUT2D eigenvalue weighted by molar-refractivity contribution is 5.78. The Morgan fingerprint density at radius 3 is 2.81 bits per heavy atom. The molecule has 3 rings (SSSR count). The Balaban J connectivity index is 1.95. The lowest BCUT2D eigenvalue weighted by Crippen LogP contribution is -1.99. The highest BCUT2D eigenvalue weighted by Gasteiger charge is 2.16. The number of aryl methyl sites for hydroxylation is 1. The van der Waals surface area contributed by atoms with Gasteiger partial charge in [-0.1, -0.05) is 35.9 Å². The van der Waals surface area contributed by atoms with Crippen LogP contribution in [0.4, 0.5) is 0 Å². The lowest BCUT2D eigenvalue weighted by Gasteiger charge is -2.09. The number of ether oxygens (including phenoxy) is 1. The third kappa shape index (κ3) is 2.84. The Morgan fingerprint density at radius 2 is 2.00 bits per heavy atom. The Hall–Kier alpha value is -2.10. The zero-order valence-corrected chi connectivity index (χ0v) is 12.2. The van der Waals surface area contributed by atoms with E-state index in [4.69, 9.17) is 9.15 Å². The lowest BCUT2D eigenvalue weighted by molar-refractivity contribution is 0.182. The molecule has 1 N–H and O–H groups in total. The van der Waals surface area contributed by atoms with Crippen molar-refractivity contribution in [1.29, 1.82) is 0 Å². The maximum atomic E-state index is 10.5. The van der Waals surface area contributed by atoms with E-state index in [0.717, 1.165) is 22.1 Å². The first kappa shape index (κ1) is 13.9. The summed E-state index contributed by atoms with van der Waals surface area (Å²) in [5.74, 6) is 0.560. The van der Waals surface area contributed by atoms with Crippen molar-refractivity contribution < 1.29 is 14.3 Å². The van der Waals surface area contributed by atoms with Gasteiger partial charge in [0.25, 0.3) is 0 Å². The molecule has 0 spiro atoms. The van der Waals surface area contributed by atoms with Gasteiger partial charge in [-0.05, 0) is 36.2 Å². The molecule has 1 atom stereocenters. The third-order valence-electron chi connectivity index (χ3n) is 3.54. The second-order valence-corrected chi connectivity index (χ2v) is 5.27. The second-order valence-electron chi connectivity index (χ2n) is 5.27. The number of hydrogen-bond donors (Lipinski definition) is 1. The highest BCUT2D eigenvalue weighted by atomic mass is 16.5. The minimum Gasteiger partial charge on any atom is -0.458 e. The van der Waals surface area contributed by atoms with E-state index in [1.165, 1.54) is 5.56 Å². The summed E-state index contributed by atoms with van der Waals surface area (Å²) in [6, 6.07) is 15.6. The van der Waals surface area contributed by atoms with Gasteiger partial charge in [0.05, 0.1) is 6.61 Å². The van der Waals surface area contributed by atoms with E-state index >= 15 is 0 Å². The highest BCUT2D eigenvalue weighted by Crippen LogP contribution is 2.29. The fourth-order valence-corrected chi connectivity index (χ4v) is 2.50. The SMILES string of the molecule is COCc1cccc(C(O)c2cc3cc(C)ccc3o2)c1. The molecule has 0 amide bonds. The van der Waals surface area contributed by atoms with Crippen molar-refractivity contribution in [1.82, 2.24) is 0 Å². The van der Waals surface area contributed by atoms with Crippen LogP contribution < -0.4 is 0 Å². The van der Waals surface area contributed by atoms with Crippen LogP contribution in [0.3, 0.4) is 0 Å². The standard InChI is InChI=1S/C18H18O3/c1-12-6-7-16-15(8-12)10-17(21-16)18(19)14-5-3-4-13(9-14)11-20-2/h3-10,18-19H,11H2,1-2H3. The number of fused-ring (bicyclic) bond motifs is 1. The van der Waals surface area contributed by atoms with Gasteiger partial charge in [-0.2, -0.15) is 0 Å². The molecule has 108 valence electrons. The summed E-state index contributed by atoms with van der Waals surface area (Å²) in [6.45, 7) is 2.57. The summed E-state index contributed by atoms with van der Waals surface area (Å²) in [6.07, 6.45) is -0.769. The van der Waals surface area contributed by atoms with E-state index < -0.39 is 6.10 Å². The first-order valence-corrected chi connectivity index (χ1v) is 6.93. The summed E-state index contributed by atoms with van der Waals surface area (Å²) in [5.41, 5.74) is 3.80. The molecule has 1 unspecified atom stereocenters. The molecular formula is C18H18O3. The first-order chi connectivity index (χ1) is 10.2. The molecule has 0 saturated heterocycles. The van der Waals surface area contributed by atoms with Crippen LogP contribution in [0.5, 0.6) is 0 Å². The number of aliphatic hydroxyl groups is 1. The van der Waals surface area contributed by atoms with Gasteiger partial charge in [0.2, 0.25) is 0 Å². The smallest absolute Gasteiger partial charge is 0.138 e. The molecule has 3 nitrogen and oxygen atoms in total. The van der Waals surface area contributed by atoms with Gasteiger partial charge in [0, 0.05) is 12.5 Å². The fraction of sp³-hybridized carbons (Fsp3) is 0.222. The molecular weight excluding hydrogens is 264 g/mol. The molecule has 0 aliphatic rings. The van der Waals surface area contributed by atoms with Crippen LogP contribution in [-0.4, -0.2) is 12.2 Å². The molecule has 3 aromatic rings. The summed E-state index contributed by atoms with van der Waals surface area (Å²) in [4.78, 5) is 0. The van der Waals surface area contributed by atoms with Crippen molar-refractivity contribution in [3.63, 3.8) is 0 Å². The summed E-state index contributed by atoms with van der Waals surface area (Å²) in [7, 11) is 1.66. The number of furan rings is 1. The zero-order chi connectivity index (χ0) is 14.8. The van der Waals surface area contributed by atoms with Crippen LogP contribution in [-0.2, 0) is 11.3 Å². The number of methoxy groups -OCH3 is 1. The number of rotatable bonds is 4. The molecule has 1 aromatic heterocycles. The molecule has 1 heterocycles. The van der Waals surface area contributed by atoms with Crippen LogP contribution >= 0.6 is 0 Å². The Labute approximate surface area is 123 Å². The van der Waals surface area contributed by atoms with E-state index in [2.05, 4.69) is 6.07 Å². The maximum Gasteiger partial charge on any atom is 0.138 e. The maximum absolute atomic E-state index is 10.5. The molecule has 0 radical (unpaired) electrons. The van der Waals surface area contributed by atoms with Gasteiger partial charge in [-0.3, -0.25) is 0 Å². The van der Waals surface area contributed by atoms with Crippen molar-refractivity contribution in [2.45, 2.75) is 19.6 Å². The second kappa shape index (κ2) is 5.72. The largest absolute Gasteiger partial charge is 0.458 e. The number of aliphatic hydroxyl groups excluding tert-OH is 1. The number of hydrogen-bond acceptors (Lipinski definition) is 3. The average molecular weight is 282 g/mol. The fourth-order valence-electron chi connectivity index (χ4n) is 2.50. The third-order valence-corrected chi connectivity index (χ3v) is 3.54. The van der Waals surface area contributed by atoms with E-state index in [0.29, 0.717) is 12.4 Å². The molecule has 0 aliphatic carbocycles. The Kier molecular flexibility index (Phi) is 3.78. The molecule has 21 heavy (non-hydrogen) atoms. The zero-order valence-electron chi connectivity index (χ0n) is 12.2. The summed E-state index contributed by atoms with van der Waals surface area (Å²) < 4.78 is 10.9. The van der Waals surface area contributed by atoms with E-state index in [1.54, 1.807) is 7.11 Å². The van der Waals surface area contributed by atoms with Crippen molar-refractivity contribution in [3.8, 4) is 0 Å². The van der Waals surface area contributed by atoms with Crippen LogP contribution in [0.25, 0.3) is 11.0 Å². The van der Waals surface area contributed by atoms with Gasteiger partial charge in [0.15, 0.2) is 0 Å². The van der Waals surface area contributed by atoms with Gasteiger partial charge in [-0.15, -0.1) is 0 Å². The minimum atomic E-state index is -0.769. The van der Waals surface area contributed by atoms with Crippen molar-refractivity contribution >= 4 is 11.0 Å². The predicted octanol–water partition coefficient (Wildman–Crippen LogP) is 3.97. The van der Waals surface area contributed by atoms with Gasteiger partial charge < -0.3 is 14.3 Å². The predicted molar refractivity (Wildman–Crippen MR) is 82.2 cm³/mol. The average Bonchev–Trinajstić information content (AvgIpc) is 2.90. The summed E-state index contributed by atoms with van der Waals surface area (Å²) >= 11 is 0. The molecule has 0 fully saturated rings. The van der Waals surface area contributed by atoms with E-state index in [9.17, 15) is 5.11 Å². The molecule has 0 bridgehead atoms. The van der Waals surface area contributed by atoms with Gasteiger partial charge in [0.1, 0.15) is 17.4 Å². The molecule has 3 heteroatoms. The van der Waals surface area contributed by atoms with Gasteiger partial charge in [-0.25, -0.2) is 0 Å². The molecule has 0 aliphatic heterocycles. The minimum absolute atomic E-state index is 0.528. The van der Waals surface area contributed by atoms with Gasteiger partial charge >= 0.3 is 0 Å². The normalized spacial score (nSPS) is 12.7. The molecule has 0 saturated carbocycles. The quantitative estimate of drug-likeness (QED) is 0.787. The van der Waals surface area contributed by atoms with Crippen molar-refractivity contribution in [2.75, 3.05) is 7.11 Å². The number of benzene rings is 2. The van der Waals surface area contributed by atoms with Crippen molar-refractivity contribution in [2.24, 2.45) is 0 Å². The monoisotopic (exact) mass is 282 g/mol. The molecule has 2 aromatic carbocycles. The van der Waals surface area contributed by atoms with Crippen LogP contribution in [0.15, 0.2) is 52.9 Å². The topological polar surface area (TPSA) is 42.6 Å². The Morgan fingerprint density at radius 1 is 1.14 bits per heavy atom. The van der Waals surface area contributed by atoms with E-state index in [-0.39, 0.29) is 0 Å². The summed E-state index contributed by atoms with van der Waals surface area (Å²) in [5, 5.41) is 11.5. The lowest BCUT2D eigenvalue weighted by atomic mass is 10.0. The van der Waals surface area contributed by atoms with Crippen LogP contribution in [0.1, 0.15) is 28.6 Å². The van der Waals surface area contributed by atoms with Crippen molar-refractivity contribution in [3.05, 3.63) is 71.0 Å². The first-order valence-electron chi connectivity index (χ1n) is 6.93. The van der Waals surface area contributed by atoms with Crippen LogP contribution in [0.2, 0.25) is 0 Å². The Bertz CT molecular complexity index is 758. The van der Waals surface area contributed by atoms with E-state index in [1.807, 2.05) is 49.4 Å². The van der Waals surface area contributed by atoms with Crippen LogP contribution in [0, 0.1) is 6.92 Å².